The van der Waals surface area contributed by atoms with E-state index in [1.807, 2.05) is 10.8 Å². The maximum absolute atomic E-state index is 13.0. The number of hydrogen-bond donors (Lipinski definition) is 1. The highest BCUT2D eigenvalue weighted by Gasteiger charge is 2.30. The minimum absolute atomic E-state index is 0.0111. The molecule has 0 bridgehead atoms. The van der Waals surface area contributed by atoms with Crippen LogP contribution in [0, 0.1) is 0 Å². The zero-order chi connectivity index (χ0) is 20.0. The Morgan fingerprint density at radius 1 is 1.32 bits per heavy atom. The summed E-state index contributed by atoms with van der Waals surface area (Å²) in [5.41, 5.74) is 0.273. The van der Waals surface area contributed by atoms with Crippen LogP contribution in [-0.4, -0.2) is 68.1 Å². The zero-order valence-corrected chi connectivity index (χ0v) is 16.5. The van der Waals surface area contributed by atoms with Gasteiger partial charge in [0.05, 0.1) is 26.7 Å². The highest BCUT2D eigenvalue weighted by Crippen LogP contribution is 2.28. The van der Waals surface area contributed by atoms with E-state index in [2.05, 4.69) is 10.3 Å². The fourth-order valence-corrected chi connectivity index (χ4v) is 4.52. The summed E-state index contributed by atoms with van der Waals surface area (Å²) in [5, 5.41) is 2.82. The number of ether oxygens (including phenoxy) is 2. The first-order valence-corrected chi connectivity index (χ1v) is 10.5. The molecule has 1 aromatic carbocycles. The number of aromatic nitrogens is 2. The number of methoxy groups -OCH3 is 1. The molecule has 2 aromatic rings. The third-order valence-corrected chi connectivity index (χ3v) is 6.37. The fourth-order valence-electron chi connectivity index (χ4n) is 2.93. The molecule has 0 atom stereocenters. The van der Waals surface area contributed by atoms with Crippen LogP contribution in [0.5, 0.6) is 5.75 Å². The van der Waals surface area contributed by atoms with Crippen molar-refractivity contribution in [2.24, 2.45) is 0 Å². The number of carbonyl (C=O) groups is 1. The summed E-state index contributed by atoms with van der Waals surface area (Å²) in [7, 11) is -2.37. The first kappa shape index (κ1) is 20.3. The quantitative estimate of drug-likeness (QED) is 0.646. The van der Waals surface area contributed by atoms with Gasteiger partial charge in [0.15, 0.2) is 0 Å². The van der Waals surface area contributed by atoms with Crippen molar-refractivity contribution in [2.45, 2.75) is 17.9 Å². The van der Waals surface area contributed by atoms with Crippen LogP contribution < -0.4 is 10.1 Å². The van der Waals surface area contributed by atoms with E-state index >= 15 is 0 Å². The Labute approximate surface area is 164 Å². The Bertz CT molecular complexity index is 893. The van der Waals surface area contributed by atoms with Gasteiger partial charge in [-0.2, -0.15) is 4.31 Å². The summed E-state index contributed by atoms with van der Waals surface area (Å²) in [4.78, 5) is 16.4. The lowest BCUT2D eigenvalue weighted by Crippen LogP contribution is -2.40. The predicted octanol–water partition coefficient (Wildman–Crippen LogP) is 0.733. The molecule has 0 unspecified atom stereocenters. The first-order chi connectivity index (χ1) is 13.5. The van der Waals surface area contributed by atoms with E-state index in [0.29, 0.717) is 19.8 Å². The van der Waals surface area contributed by atoms with Crippen molar-refractivity contribution >= 4 is 15.9 Å². The maximum Gasteiger partial charge on any atom is 0.251 e. The monoisotopic (exact) mass is 408 g/mol. The standard InChI is InChI=1S/C18H24N4O5S/c1-26-16-4-3-15(18(23)20-5-2-7-21-8-6-19-14-21)13-17(16)28(24,25)22-9-11-27-12-10-22/h3-4,6,8,13-14H,2,5,7,9-12H2,1H3,(H,20,23). The van der Waals surface area contributed by atoms with Crippen molar-refractivity contribution in [1.29, 1.82) is 0 Å². The summed E-state index contributed by atoms with van der Waals surface area (Å²) in [6.07, 6.45) is 6.01. The largest absolute Gasteiger partial charge is 0.495 e. The molecule has 3 rings (SSSR count). The van der Waals surface area contributed by atoms with Gasteiger partial charge in [0.25, 0.3) is 5.91 Å². The smallest absolute Gasteiger partial charge is 0.251 e. The topological polar surface area (TPSA) is 103 Å². The second-order valence-corrected chi connectivity index (χ2v) is 8.20. The van der Waals surface area contributed by atoms with Gasteiger partial charge in [-0.25, -0.2) is 13.4 Å². The summed E-state index contributed by atoms with van der Waals surface area (Å²) >= 11 is 0. The van der Waals surface area contributed by atoms with Gasteiger partial charge >= 0.3 is 0 Å². The molecular formula is C18H24N4O5S. The summed E-state index contributed by atoms with van der Waals surface area (Å²) in [6, 6.07) is 4.44. The van der Waals surface area contributed by atoms with Gasteiger partial charge in [0, 0.05) is 44.1 Å². The van der Waals surface area contributed by atoms with E-state index in [1.54, 1.807) is 18.6 Å². The number of nitrogens with one attached hydrogen (secondary N) is 1. The summed E-state index contributed by atoms with van der Waals surface area (Å²) in [6.45, 7) is 2.44. The molecule has 0 saturated carbocycles. The van der Waals surface area contributed by atoms with Crippen LogP contribution in [-0.2, 0) is 21.3 Å². The van der Waals surface area contributed by atoms with Gasteiger partial charge in [-0.15, -0.1) is 0 Å². The predicted molar refractivity (Wildman–Crippen MR) is 102 cm³/mol. The van der Waals surface area contributed by atoms with Crippen molar-refractivity contribution in [2.75, 3.05) is 40.0 Å². The highest BCUT2D eigenvalue weighted by molar-refractivity contribution is 7.89. The molecule has 10 heteroatoms. The number of carbonyl (C=O) groups excluding carboxylic acids is 1. The van der Waals surface area contributed by atoms with E-state index in [-0.39, 0.29) is 35.2 Å². The SMILES string of the molecule is COc1ccc(C(=O)NCCCn2ccnc2)cc1S(=O)(=O)N1CCOCC1. The first-order valence-electron chi connectivity index (χ1n) is 9.02. The molecule has 9 nitrogen and oxygen atoms in total. The van der Waals surface area contributed by atoms with Gasteiger partial charge in [0.1, 0.15) is 10.6 Å². The number of nitrogens with zero attached hydrogens (tertiary/aromatic N) is 3. The number of hydrogen-bond acceptors (Lipinski definition) is 6. The molecule has 1 aliphatic rings. The number of benzene rings is 1. The Kier molecular flexibility index (Phi) is 6.65. The third-order valence-electron chi connectivity index (χ3n) is 4.45. The van der Waals surface area contributed by atoms with E-state index in [0.717, 1.165) is 13.0 Å². The number of amides is 1. The fraction of sp³-hybridized carbons (Fsp3) is 0.444. The molecule has 28 heavy (non-hydrogen) atoms. The molecule has 0 radical (unpaired) electrons. The Morgan fingerprint density at radius 3 is 2.79 bits per heavy atom. The second-order valence-electron chi connectivity index (χ2n) is 6.29. The van der Waals surface area contributed by atoms with Crippen molar-refractivity contribution in [3.05, 3.63) is 42.5 Å². The van der Waals surface area contributed by atoms with Crippen molar-refractivity contribution < 1.29 is 22.7 Å². The minimum atomic E-state index is -3.78. The molecule has 1 aromatic heterocycles. The van der Waals surface area contributed by atoms with Crippen molar-refractivity contribution in [3.8, 4) is 5.75 Å². The molecule has 152 valence electrons. The summed E-state index contributed by atoms with van der Waals surface area (Å²) < 4.78 is 39.7. The number of morpholine rings is 1. The number of aryl methyl sites for hydroxylation is 1. The lowest BCUT2D eigenvalue weighted by Gasteiger charge is -2.26. The van der Waals surface area contributed by atoms with Crippen LogP contribution in [0.4, 0.5) is 0 Å². The van der Waals surface area contributed by atoms with Gasteiger partial charge < -0.3 is 19.4 Å². The van der Waals surface area contributed by atoms with Crippen molar-refractivity contribution in [3.63, 3.8) is 0 Å². The normalized spacial score (nSPS) is 15.3. The van der Waals surface area contributed by atoms with E-state index < -0.39 is 10.0 Å². The Balaban J connectivity index is 1.69. The average molecular weight is 408 g/mol. The lowest BCUT2D eigenvalue weighted by atomic mass is 10.2. The molecule has 2 heterocycles. The maximum atomic E-state index is 13.0. The Hall–Kier alpha value is -2.43. The molecular weight excluding hydrogens is 384 g/mol. The minimum Gasteiger partial charge on any atom is -0.495 e. The third kappa shape index (κ3) is 4.70. The van der Waals surface area contributed by atoms with E-state index in [9.17, 15) is 13.2 Å². The molecule has 1 amide bonds. The van der Waals surface area contributed by atoms with E-state index in [1.165, 1.54) is 23.5 Å². The van der Waals surface area contributed by atoms with Crippen LogP contribution in [0.1, 0.15) is 16.8 Å². The zero-order valence-electron chi connectivity index (χ0n) is 15.7. The molecule has 0 spiro atoms. The average Bonchev–Trinajstić information content (AvgIpc) is 3.24. The van der Waals surface area contributed by atoms with Gasteiger partial charge in [0.2, 0.25) is 10.0 Å². The van der Waals surface area contributed by atoms with Crippen LogP contribution in [0.2, 0.25) is 0 Å². The lowest BCUT2D eigenvalue weighted by molar-refractivity contribution is 0.0729. The van der Waals surface area contributed by atoms with E-state index in [4.69, 9.17) is 9.47 Å². The molecule has 1 fully saturated rings. The molecule has 1 N–H and O–H groups in total. The number of sulfonamides is 1. The van der Waals surface area contributed by atoms with Gasteiger partial charge in [-0.1, -0.05) is 0 Å². The number of imidazole rings is 1. The number of rotatable bonds is 8. The molecule has 1 saturated heterocycles. The molecule has 0 aliphatic carbocycles. The van der Waals surface area contributed by atoms with Gasteiger partial charge in [-0.05, 0) is 24.6 Å². The van der Waals surface area contributed by atoms with Gasteiger partial charge in [-0.3, -0.25) is 4.79 Å². The Morgan fingerprint density at radius 2 is 2.11 bits per heavy atom. The van der Waals surface area contributed by atoms with Crippen LogP contribution in [0.25, 0.3) is 0 Å². The summed E-state index contributed by atoms with van der Waals surface area (Å²) in [5.74, 6) is -0.116. The van der Waals surface area contributed by atoms with Crippen LogP contribution in [0.3, 0.4) is 0 Å². The molecule has 1 aliphatic heterocycles. The highest BCUT2D eigenvalue weighted by atomic mass is 32.2. The van der Waals surface area contributed by atoms with Crippen LogP contribution >= 0.6 is 0 Å². The van der Waals surface area contributed by atoms with Crippen LogP contribution in [0.15, 0.2) is 41.8 Å². The second kappa shape index (κ2) is 9.18. The van der Waals surface area contributed by atoms with Crippen molar-refractivity contribution in [1.82, 2.24) is 19.2 Å².